The van der Waals surface area contributed by atoms with Gasteiger partial charge in [-0.3, -0.25) is 9.69 Å². The lowest BCUT2D eigenvalue weighted by Crippen LogP contribution is -2.33. The second-order valence-corrected chi connectivity index (χ2v) is 4.16. The lowest BCUT2D eigenvalue weighted by atomic mass is 9.98. The SMILES string of the molecule is O=C(O)CCN1CCc2c(F)ccc(F)c2C1. The number of carboxylic acids is 1. The van der Waals surface area contributed by atoms with Gasteiger partial charge in [-0.2, -0.15) is 0 Å². The molecule has 0 bridgehead atoms. The molecule has 0 saturated carbocycles. The number of halogens is 2. The fraction of sp³-hybridized carbons (Fsp3) is 0.417. The molecule has 5 heteroatoms. The number of fused-ring (bicyclic) bond motifs is 1. The first-order valence-corrected chi connectivity index (χ1v) is 5.48. The van der Waals surface area contributed by atoms with Gasteiger partial charge in [0, 0.05) is 25.2 Å². The zero-order valence-corrected chi connectivity index (χ0v) is 9.25. The second kappa shape index (κ2) is 4.79. The van der Waals surface area contributed by atoms with Gasteiger partial charge in [-0.15, -0.1) is 0 Å². The summed E-state index contributed by atoms with van der Waals surface area (Å²) >= 11 is 0. The maximum atomic E-state index is 13.5. The van der Waals surface area contributed by atoms with Crippen LogP contribution in [0.4, 0.5) is 8.78 Å². The van der Waals surface area contributed by atoms with Crippen molar-refractivity contribution in [2.45, 2.75) is 19.4 Å². The van der Waals surface area contributed by atoms with Crippen LogP contribution in [0.15, 0.2) is 12.1 Å². The molecule has 1 heterocycles. The smallest absolute Gasteiger partial charge is 0.304 e. The van der Waals surface area contributed by atoms with Crippen LogP contribution in [-0.2, 0) is 17.8 Å². The predicted molar refractivity (Wildman–Crippen MR) is 57.6 cm³/mol. The van der Waals surface area contributed by atoms with Gasteiger partial charge in [0.25, 0.3) is 0 Å². The number of hydrogen-bond donors (Lipinski definition) is 1. The van der Waals surface area contributed by atoms with E-state index in [0.717, 1.165) is 12.1 Å². The highest BCUT2D eigenvalue weighted by atomic mass is 19.1. The van der Waals surface area contributed by atoms with Crippen LogP contribution < -0.4 is 0 Å². The van der Waals surface area contributed by atoms with E-state index >= 15 is 0 Å². The minimum absolute atomic E-state index is 0.0201. The van der Waals surface area contributed by atoms with Crippen LogP contribution in [0.3, 0.4) is 0 Å². The summed E-state index contributed by atoms with van der Waals surface area (Å²) in [6.45, 7) is 1.22. The van der Waals surface area contributed by atoms with E-state index in [-0.39, 0.29) is 18.8 Å². The van der Waals surface area contributed by atoms with E-state index in [4.69, 9.17) is 5.11 Å². The molecule has 3 nitrogen and oxygen atoms in total. The highest BCUT2D eigenvalue weighted by Crippen LogP contribution is 2.24. The van der Waals surface area contributed by atoms with E-state index in [1.54, 1.807) is 0 Å². The van der Waals surface area contributed by atoms with E-state index in [0.29, 0.717) is 30.6 Å². The molecule has 1 aromatic carbocycles. The van der Waals surface area contributed by atoms with E-state index in [9.17, 15) is 13.6 Å². The average Bonchev–Trinajstić information content (AvgIpc) is 2.31. The molecular formula is C12H13F2NO2. The molecule has 0 radical (unpaired) electrons. The minimum atomic E-state index is -0.879. The number of carbonyl (C=O) groups is 1. The molecule has 0 spiro atoms. The summed E-state index contributed by atoms with van der Waals surface area (Å²) in [5, 5.41) is 8.58. The zero-order valence-electron chi connectivity index (χ0n) is 9.25. The molecule has 0 aliphatic carbocycles. The Bertz CT molecular complexity index is 448. The van der Waals surface area contributed by atoms with Crippen LogP contribution in [0, 0.1) is 11.6 Å². The molecule has 1 N–H and O–H groups in total. The third-order valence-electron chi connectivity index (χ3n) is 3.02. The fourth-order valence-corrected chi connectivity index (χ4v) is 2.09. The Morgan fingerprint density at radius 2 is 1.94 bits per heavy atom. The number of carboxylic acid groups (broad SMARTS) is 1. The molecule has 1 aliphatic rings. The number of rotatable bonds is 3. The van der Waals surface area contributed by atoms with Crippen molar-refractivity contribution in [3.63, 3.8) is 0 Å². The minimum Gasteiger partial charge on any atom is -0.481 e. The summed E-state index contributed by atoms with van der Waals surface area (Å²) in [5.41, 5.74) is 0.790. The van der Waals surface area contributed by atoms with Gasteiger partial charge in [0.1, 0.15) is 11.6 Å². The number of nitrogens with zero attached hydrogens (tertiary/aromatic N) is 1. The molecule has 1 aromatic rings. The maximum Gasteiger partial charge on any atom is 0.304 e. The van der Waals surface area contributed by atoms with Crippen molar-refractivity contribution in [2.24, 2.45) is 0 Å². The van der Waals surface area contributed by atoms with Gasteiger partial charge in [-0.1, -0.05) is 0 Å². The van der Waals surface area contributed by atoms with E-state index in [1.807, 2.05) is 4.90 Å². The molecule has 0 aromatic heterocycles. The van der Waals surface area contributed by atoms with Gasteiger partial charge in [0.05, 0.1) is 6.42 Å². The predicted octanol–water partition coefficient (Wildman–Crippen LogP) is 1.80. The molecule has 0 unspecified atom stereocenters. The summed E-state index contributed by atoms with van der Waals surface area (Å²) < 4.78 is 26.9. The first kappa shape index (κ1) is 12.0. The van der Waals surface area contributed by atoms with Crippen LogP contribution in [0.1, 0.15) is 17.5 Å². The van der Waals surface area contributed by atoms with Gasteiger partial charge >= 0.3 is 5.97 Å². The van der Waals surface area contributed by atoms with Crippen molar-refractivity contribution in [3.8, 4) is 0 Å². The molecular weight excluding hydrogens is 228 g/mol. The monoisotopic (exact) mass is 241 g/mol. The van der Waals surface area contributed by atoms with Gasteiger partial charge in [0.15, 0.2) is 0 Å². The van der Waals surface area contributed by atoms with Crippen LogP contribution >= 0.6 is 0 Å². The lowest BCUT2D eigenvalue weighted by Gasteiger charge is -2.28. The number of benzene rings is 1. The van der Waals surface area contributed by atoms with Gasteiger partial charge in [-0.25, -0.2) is 8.78 Å². The molecule has 17 heavy (non-hydrogen) atoms. The van der Waals surface area contributed by atoms with Crippen molar-refractivity contribution in [3.05, 3.63) is 34.9 Å². The molecule has 0 fully saturated rings. The topological polar surface area (TPSA) is 40.5 Å². The summed E-state index contributed by atoms with van der Waals surface area (Å²) in [7, 11) is 0. The number of hydrogen-bond acceptors (Lipinski definition) is 2. The Kier molecular flexibility index (Phi) is 3.38. The first-order chi connectivity index (χ1) is 8.08. The second-order valence-electron chi connectivity index (χ2n) is 4.16. The van der Waals surface area contributed by atoms with E-state index in [2.05, 4.69) is 0 Å². The van der Waals surface area contributed by atoms with Crippen molar-refractivity contribution in [1.29, 1.82) is 0 Å². The van der Waals surface area contributed by atoms with Crippen LogP contribution in [-0.4, -0.2) is 29.1 Å². The van der Waals surface area contributed by atoms with Crippen molar-refractivity contribution < 1.29 is 18.7 Å². The van der Waals surface area contributed by atoms with E-state index in [1.165, 1.54) is 0 Å². The summed E-state index contributed by atoms with van der Waals surface area (Å²) in [6, 6.07) is 2.26. The van der Waals surface area contributed by atoms with Gasteiger partial charge < -0.3 is 5.11 Å². The van der Waals surface area contributed by atoms with Gasteiger partial charge in [0.2, 0.25) is 0 Å². The standard InChI is InChI=1S/C12H13F2NO2/c13-10-1-2-11(14)9-7-15(5-3-8(9)10)6-4-12(16)17/h1-2H,3-7H2,(H,16,17). The Morgan fingerprint density at radius 3 is 2.59 bits per heavy atom. The molecule has 0 saturated heterocycles. The van der Waals surface area contributed by atoms with Crippen molar-refractivity contribution in [1.82, 2.24) is 4.90 Å². The molecule has 0 amide bonds. The van der Waals surface area contributed by atoms with Crippen molar-refractivity contribution in [2.75, 3.05) is 13.1 Å². The lowest BCUT2D eigenvalue weighted by molar-refractivity contribution is -0.137. The third kappa shape index (κ3) is 2.61. The summed E-state index contributed by atoms with van der Waals surface area (Å²) in [6.07, 6.45) is 0.449. The van der Waals surface area contributed by atoms with Crippen LogP contribution in [0.25, 0.3) is 0 Å². The zero-order chi connectivity index (χ0) is 12.4. The Hall–Kier alpha value is -1.49. The largest absolute Gasteiger partial charge is 0.481 e. The number of aliphatic carboxylic acids is 1. The molecule has 92 valence electrons. The molecule has 2 rings (SSSR count). The summed E-state index contributed by atoms with van der Waals surface area (Å²) in [5.74, 6) is -1.67. The Balaban J connectivity index is 2.13. The normalized spacial score (nSPS) is 15.6. The highest BCUT2D eigenvalue weighted by molar-refractivity contribution is 5.66. The Labute approximate surface area is 97.7 Å². The summed E-state index contributed by atoms with van der Waals surface area (Å²) in [4.78, 5) is 12.3. The van der Waals surface area contributed by atoms with Gasteiger partial charge in [-0.05, 0) is 24.1 Å². The van der Waals surface area contributed by atoms with Crippen LogP contribution in [0.2, 0.25) is 0 Å². The fourth-order valence-electron chi connectivity index (χ4n) is 2.09. The molecule has 0 atom stereocenters. The van der Waals surface area contributed by atoms with E-state index < -0.39 is 11.8 Å². The first-order valence-electron chi connectivity index (χ1n) is 5.48. The quantitative estimate of drug-likeness (QED) is 0.877. The molecule has 1 aliphatic heterocycles. The van der Waals surface area contributed by atoms with Crippen LogP contribution in [0.5, 0.6) is 0 Å². The highest BCUT2D eigenvalue weighted by Gasteiger charge is 2.22. The average molecular weight is 241 g/mol. The maximum absolute atomic E-state index is 13.5. The van der Waals surface area contributed by atoms with Crippen molar-refractivity contribution >= 4 is 5.97 Å². The Morgan fingerprint density at radius 1 is 1.29 bits per heavy atom. The third-order valence-corrected chi connectivity index (χ3v) is 3.02.